The van der Waals surface area contributed by atoms with Gasteiger partial charge in [-0.2, -0.15) is 13.2 Å². The number of alkyl halides is 3. The molecule has 0 aliphatic carbocycles. The average molecular weight is 500 g/mol. The van der Waals surface area contributed by atoms with Crippen molar-refractivity contribution >= 4 is 0 Å². The highest BCUT2D eigenvalue weighted by Gasteiger charge is 2.29. The standard InChI is InChI=1S/C32H28F3NO/c1-2-36(23-28-14-18-30(19-15-28)32(33,34)35)22-27-12-10-25(11-13-27)8-9-26-16-20-31(21-17-26)37-24-29-6-4-3-5-7-29/h3-7,10-21H,2,22-24H2,1H3. The van der Waals surface area contributed by atoms with Gasteiger partial charge in [-0.1, -0.05) is 73.4 Å². The highest BCUT2D eigenvalue weighted by Crippen LogP contribution is 2.29. The highest BCUT2D eigenvalue weighted by molar-refractivity contribution is 5.45. The van der Waals surface area contributed by atoms with Gasteiger partial charge < -0.3 is 4.74 Å². The Bertz CT molecular complexity index is 1320. The Balaban J connectivity index is 1.30. The van der Waals surface area contributed by atoms with Crippen molar-refractivity contribution < 1.29 is 17.9 Å². The predicted molar refractivity (Wildman–Crippen MR) is 141 cm³/mol. The molecule has 0 radical (unpaired) electrons. The average Bonchev–Trinajstić information content (AvgIpc) is 2.92. The Morgan fingerprint density at radius 1 is 0.649 bits per heavy atom. The third kappa shape index (κ3) is 7.99. The summed E-state index contributed by atoms with van der Waals surface area (Å²) in [6.45, 7) is 4.64. The number of hydrogen-bond acceptors (Lipinski definition) is 2. The van der Waals surface area contributed by atoms with Crippen molar-refractivity contribution in [3.8, 4) is 17.6 Å². The zero-order chi connectivity index (χ0) is 26.1. The first-order valence-electron chi connectivity index (χ1n) is 12.2. The van der Waals surface area contributed by atoms with Gasteiger partial charge in [-0.15, -0.1) is 0 Å². The normalized spacial score (nSPS) is 11.2. The maximum Gasteiger partial charge on any atom is 0.416 e. The Morgan fingerprint density at radius 3 is 1.68 bits per heavy atom. The molecule has 0 unspecified atom stereocenters. The summed E-state index contributed by atoms with van der Waals surface area (Å²) in [6, 6.07) is 31.2. The molecule has 0 saturated heterocycles. The molecule has 0 atom stereocenters. The summed E-state index contributed by atoms with van der Waals surface area (Å²) in [5.41, 5.74) is 4.30. The fourth-order valence-corrected chi connectivity index (χ4v) is 3.81. The monoisotopic (exact) mass is 499 g/mol. The minimum Gasteiger partial charge on any atom is -0.489 e. The Labute approximate surface area is 216 Å². The number of nitrogens with zero attached hydrogens (tertiary/aromatic N) is 1. The summed E-state index contributed by atoms with van der Waals surface area (Å²) < 4.78 is 44.2. The molecule has 0 aliphatic heterocycles. The van der Waals surface area contributed by atoms with Gasteiger partial charge in [0.25, 0.3) is 0 Å². The molecule has 0 fully saturated rings. The van der Waals surface area contributed by atoms with Crippen molar-refractivity contribution in [2.45, 2.75) is 32.8 Å². The van der Waals surface area contributed by atoms with Crippen LogP contribution in [0.25, 0.3) is 0 Å². The van der Waals surface area contributed by atoms with Gasteiger partial charge in [-0.05, 0) is 71.8 Å². The van der Waals surface area contributed by atoms with Gasteiger partial charge in [-0.25, -0.2) is 0 Å². The summed E-state index contributed by atoms with van der Waals surface area (Å²) in [7, 11) is 0. The molecule has 0 aromatic heterocycles. The van der Waals surface area contributed by atoms with Gasteiger partial charge in [0.2, 0.25) is 0 Å². The summed E-state index contributed by atoms with van der Waals surface area (Å²) in [4.78, 5) is 2.19. The molecule has 37 heavy (non-hydrogen) atoms. The van der Waals surface area contributed by atoms with Crippen molar-refractivity contribution in [2.75, 3.05) is 6.54 Å². The third-order valence-electron chi connectivity index (χ3n) is 5.95. The molecule has 4 aromatic rings. The van der Waals surface area contributed by atoms with Gasteiger partial charge in [0.1, 0.15) is 12.4 Å². The van der Waals surface area contributed by atoms with Crippen LogP contribution in [0.4, 0.5) is 13.2 Å². The quantitative estimate of drug-likeness (QED) is 0.230. The van der Waals surface area contributed by atoms with Crippen LogP contribution in [-0.2, 0) is 25.9 Å². The second-order valence-electron chi connectivity index (χ2n) is 8.74. The van der Waals surface area contributed by atoms with Crippen LogP contribution in [0.2, 0.25) is 0 Å². The maximum absolute atomic E-state index is 12.8. The summed E-state index contributed by atoms with van der Waals surface area (Å²) in [5.74, 6) is 7.18. The minimum absolute atomic E-state index is 0.526. The molecule has 188 valence electrons. The van der Waals surface area contributed by atoms with E-state index in [0.717, 1.165) is 52.2 Å². The molecule has 0 aliphatic rings. The molecular formula is C32H28F3NO. The fraction of sp³-hybridized carbons (Fsp3) is 0.188. The van der Waals surface area contributed by atoms with Gasteiger partial charge in [0.05, 0.1) is 5.56 Å². The van der Waals surface area contributed by atoms with Crippen LogP contribution >= 0.6 is 0 Å². The number of rotatable bonds is 8. The van der Waals surface area contributed by atoms with E-state index in [1.807, 2.05) is 85.8 Å². The van der Waals surface area contributed by atoms with Crippen LogP contribution < -0.4 is 4.74 Å². The molecule has 5 heteroatoms. The maximum atomic E-state index is 12.8. The third-order valence-corrected chi connectivity index (χ3v) is 5.95. The minimum atomic E-state index is -4.31. The van der Waals surface area contributed by atoms with Crippen molar-refractivity contribution in [2.24, 2.45) is 0 Å². The topological polar surface area (TPSA) is 12.5 Å². The lowest BCUT2D eigenvalue weighted by atomic mass is 10.1. The van der Waals surface area contributed by atoms with E-state index in [0.29, 0.717) is 19.7 Å². The molecule has 0 spiro atoms. The van der Waals surface area contributed by atoms with E-state index < -0.39 is 11.7 Å². The summed E-state index contributed by atoms with van der Waals surface area (Å²) in [6.07, 6.45) is -4.31. The molecule has 0 saturated carbocycles. The Hall–Kier alpha value is -4.01. The zero-order valence-corrected chi connectivity index (χ0v) is 20.6. The van der Waals surface area contributed by atoms with Crippen LogP contribution in [0.3, 0.4) is 0 Å². The van der Waals surface area contributed by atoms with E-state index >= 15 is 0 Å². The van der Waals surface area contributed by atoms with Gasteiger partial charge >= 0.3 is 6.18 Å². The first kappa shape index (κ1) is 26.1. The molecule has 0 amide bonds. The molecule has 2 nitrogen and oxygen atoms in total. The first-order chi connectivity index (χ1) is 17.9. The number of hydrogen-bond donors (Lipinski definition) is 0. The molecule has 0 N–H and O–H groups in total. The first-order valence-corrected chi connectivity index (χ1v) is 12.2. The van der Waals surface area contributed by atoms with Crippen LogP contribution in [0.5, 0.6) is 5.75 Å². The van der Waals surface area contributed by atoms with Crippen molar-refractivity contribution in [3.05, 3.63) is 137 Å². The van der Waals surface area contributed by atoms with E-state index in [4.69, 9.17) is 4.74 Å². The lowest BCUT2D eigenvalue weighted by Crippen LogP contribution is -2.22. The van der Waals surface area contributed by atoms with Gasteiger partial charge in [-0.3, -0.25) is 4.90 Å². The van der Waals surface area contributed by atoms with E-state index in [1.54, 1.807) is 12.1 Å². The van der Waals surface area contributed by atoms with Crippen LogP contribution in [0.15, 0.2) is 103 Å². The highest BCUT2D eigenvalue weighted by atomic mass is 19.4. The number of benzene rings is 4. The number of halogens is 3. The molecule has 0 bridgehead atoms. The van der Waals surface area contributed by atoms with E-state index in [-0.39, 0.29) is 0 Å². The lowest BCUT2D eigenvalue weighted by molar-refractivity contribution is -0.137. The van der Waals surface area contributed by atoms with Crippen molar-refractivity contribution in [1.82, 2.24) is 4.90 Å². The smallest absolute Gasteiger partial charge is 0.416 e. The Kier molecular flexibility index (Phi) is 8.66. The van der Waals surface area contributed by atoms with E-state index in [2.05, 4.69) is 16.7 Å². The molecular weight excluding hydrogens is 471 g/mol. The number of ether oxygens (including phenoxy) is 1. The zero-order valence-electron chi connectivity index (χ0n) is 20.6. The summed E-state index contributed by atoms with van der Waals surface area (Å²) >= 11 is 0. The van der Waals surface area contributed by atoms with Gasteiger partial charge in [0.15, 0.2) is 0 Å². The van der Waals surface area contributed by atoms with Crippen molar-refractivity contribution in [1.29, 1.82) is 0 Å². The lowest BCUT2D eigenvalue weighted by Gasteiger charge is -2.21. The molecule has 4 aromatic carbocycles. The second-order valence-corrected chi connectivity index (χ2v) is 8.74. The molecule has 4 rings (SSSR count). The largest absolute Gasteiger partial charge is 0.489 e. The SMILES string of the molecule is CCN(Cc1ccc(C#Cc2ccc(OCc3ccccc3)cc2)cc1)Cc1ccc(C(F)(F)F)cc1. The van der Waals surface area contributed by atoms with Crippen molar-refractivity contribution in [3.63, 3.8) is 0 Å². The Morgan fingerprint density at radius 2 is 1.16 bits per heavy atom. The van der Waals surface area contributed by atoms with Gasteiger partial charge in [0, 0.05) is 24.2 Å². The van der Waals surface area contributed by atoms with E-state index in [1.165, 1.54) is 0 Å². The molecule has 0 heterocycles. The van der Waals surface area contributed by atoms with Crippen LogP contribution in [-0.4, -0.2) is 11.4 Å². The predicted octanol–water partition coefficient (Wildman–Crippen LogP) is 7.71. The van der Waals surface area contributed by atoms with E-state index in [9.17, 15) is 13.2 Å². The van der Waals surface area contributed by atoms with Crippen LogP contribution in [0.1, 0.15) is 40.3 Å². The second kappa shape index (κ2) is 12.3. The fourth-order valence-electron chi connectivity index (χ4n) is 3.81. The summed E-state index contributed by atoms with van der Waals surface area (Å²) in [5, 5.41) is 0. The van der Waals surface area contributed by atoms with Crippen LogP contribution in [0, 0.1) is 11.8 Å².